The fourth-order valence-electron chi connectivity index (χ4n) is 1.82. The second-order valence-corrected chi connectivity index (χ2v) is 4.58. The van der Waals surface area contributed by atoms with Crippen molar-refractivity contribution in [3.05, 3.63) is 64.7 Å². The summed E-state index contributed by atoms with van der Waals surface area (Å²) in [5, 5.41) is 0. The van der Waals surface area contributed by atoms with Gasteiger partial charge in [0, 0.05) is 0 Å². The van der Waals surface area contributed by atoms with Gasteiger partial charge in [-0.25, -0.2) is 8.78 Å². The van der Waals surface area contributed by atoms with Crippen LogP contribution in [0.1, 0.15) is 21.5 Å². The maximum absolute atomic E-state index is 13.9. The van der Waals surface area contributed by atoms with E-state index in [1.165, 1.54) is 12.1 Å². The summed E-state index contributed by atoms with van der Waals surface area (Å²) in [5.41, 5.74) is 3.44. The summed E-state index contributed by atoms with van der Waals surface area (Å²) < 4.78 is 69.5. The first-order valence-corrected chi connectivity index (χ1v) is 6.27. The van der Waals surface area contributed by atoms with Crippen molar-refractivity contribution in [2.75, 3.05) is 0 Å². The molecule has 0 aliphatic carbocycles. The van der Waals surface area contributed by atoms with E-state index in [0.717, 1.165) is 24.3 Å². The van der Waals surface area contributed by atoms with Crippen molar-refractivity contribution >= 4 is 5.91 Å². The Labute approximate surface area is 127 Å². The molecule has 0 aromatic heterocycles. The van der Waals surface area contributed by atoms with Crippen LogP contribution < -0.4 is 10.5 Å². The Morgan fingerprint density at radius 3 is 2.17 bits per heavy atom. The number of primary amides is 1. The Morgan fingerprint density at radius 2 is 1.65 bits per heavy atom. The third kappa shape index (κ3) is 3.77. The monoisotopic (exact) mass is 331 g/mol. The second-order valence-electron chi connectivity index (χ2n) is 4.58. The zero-order valence-corrected chi connectivity index (χ0v) is 11.5. The molecule has 0 heterocycles. The lowest BCUT2D eigenvalue weighted by Gasteiger charge is -2.11. The van der Waals surface area contributed by atoms with E-state index in [9.17, 15) is 26.7 Å². The van der Waals surface area contributed by atoms with Crippen molar-refractivity contribution in [2.45, 2.75) is 12.8 Å². The number of halogens is 5. The van der Waals surface area contributed by atoms with Crippen molar-refractivity contribution in [1.29, 1.82) is 0 Å². The van der Waals surface area contributed by atoms with E-state index in [0.29, 0.717) is 5.56 Å². The molecule has 2 aromatic rings. The summed E-state index contributed by atoms with van der Waals surface area (Å²) >= 11 is 0. The van der Waals surface area contributed by atoms with Crippen molar-refractivity contribution < 1.29 is 31.5 Å². The Hall–Kier alpha value is -2.64. The molecule has 0 fully saturated rings. The summed E-state index contributed by atoms with van der Waals surface area (Å²) in [6, 6.07) is 5.81. The number of nitrogens with two attached hydrogens (primary N) is 1. The van der Waals surface area contributed by atoms with Gasteiger partial charge >= 0.3 is 6.18 Å². The lowest BCUT2D eigenvalue weighted by atomic mass is 10.1. The highest BCUT2D eigenvalue weighted by Gasteiger charge is 2.29. The number of rotatable bonds is 4. The van der Waals surface area contributed by atoms with Crippen molar-refractivity contribution in [1.82, 2.24) is 0 Å². The highest BCUT2D eigenvalue weighted by molar-refractivity contribution is 5.93. The highest BCUT2D eigenvalue weighted by Crippen LogP contribution is 2.29. The standard InChI is InChI=1S/C15H10F5NO2/c16-10-5-6-11(13(17)12(10)14(21)22)23-7-8-1-3-9(4-2-8)15(18,19)20/h1-6H,7H2,(H2,21,22). The summed E-state index contributed by atoms with van der Waals surface area (Å²) in [7, 11) is 0. The molecule has 0 atom stereocenters. The molecular formula is C15H10F5NO2. The van der Waals surface area contributed by atoms with Crippen LogP contribution in [0.5, 0.6) is 5.75 Å². The molecule has 2 aromatic carbocycles. The van der Waals surface area contributed by atoms with E-state index in [2.05, 4.69) is 0 Å². The number of ether oxygens (including phenoxy) is 1. The van der Waals surface area contributed by atoms with Crippen molar-refractivity contribution in [2.24, 2.45) is 5.73 Å². The smallest absolute Gasteiger partial charge is 0.416 e. The van der Waals surface area contributed by atoms with Gasteiger partial charge in [-0.2, -0.15) is 13.2 Å². The number of carbonyl (C=O) groups is 1. The summed E-state index contributed by atoms with van der Waals surface area (Å²) in [6.07, 6.45) is -4.46. The predicted octanol–water partition coefficient (Wildman–Crippen LogP) is 3.66. The Morgan fingerprint density at radius 1 is 1.04 bits per heavy atom. The van der Waals surface area contributed by atoms with Crippen LogP contribution in [0.3, 0.4) is 0 Å². The molecule has 2 rings (SSSR count). The molecule has 3 nitrogen and oxygen atoms in total. The first kappa shape index (κ1) is 16.7. The first-order valence-electron chi connectivity index (χ1n) is 6.27. The molecule has 122 valence electrons. The minimum absolute atomic E-state index is 0.265. The molecular weight excluding hydrogens is 321 g/mol. The molecule has 0 saturated carbocycles. The average molecular weight is 331 g/mol. The van der Waals surface area contributed by atoms with E-state index in [1.807, 2.05) is 0 Å². The SMILES string of the molecule is NC(=O)c1c(F)ccc(OCc2ccc(C(F)(F)F)cc2)c1F. The maximum Gasteiger partial charge on any atom is 0.416 e. The van der Waals surface area contributed by atoms with Gasteiger partial charge in [0.2, 0.25) is 0 Å². The van der Waals surface area contributed by atoms with Gasteiger partial charge in [-0.3, -0.25) is 4.79 Å². The van der Waals surface area contributed by atoms with E-state index in [4.69, 9.17) is 10.5 Å². The van der Waals surface area contributed by atoms with Gasteiger partial charge in [0.05, 0.1) is 5.56 Å². The predicted molar refractivity (Wildman–Crippen MR) is 70.7 cm³/mol. The van der Waals surface area contributed by atoms with Crippen LogP contribution in [0, 0.1) is 11.6 Å². The van der Waals surface area contributed by atoms with Crippen LogP contribution >= 0.6 is 0 Å². The molecule has 8 heteroatoms. The number of alkyl halides is 3. The Bertz CT molecular complexity index is 726. The topological polar surface area (TPSA) is 52.3 Å². The van der Waals surface area contributed by atoms with Crippen LogP contribution in [0.15, 0.2) is 36.4 Å². The third-order valence-corrected chi connectivity index (χ3v) is 2.98. The van der Waals surface area contributed by atoms with E-state index >= 15 is 0 Å². The Balaban J connectivity index is 2.15. The van der Waals surface area contributed by atoms with Gasteiger partial charge < -0.3 is 10.5 Å². The zero-order valence-electron chi connectivity index (χ0n) is 11.5. The number of hydrogen-bond donors (Lipinski definition) is 1. The van der Waals surface area contributed by atoms with Crippen LogP contribution in [0.2, 0.25) is 0 Å². The van der Waals surface area contributed by atoms with Gasteiger partial charge in [0.15, 0.2) is 11.6 Å². The zero-order chi connectivity index (χ0) is 17.2. The molecule has 2 N–H and O–H groups in total. The minimum atomic E-state index is -4.46. The van der Waals surface area contributed by atoms with Gasteiger partial charge in [-0.05, 0) is 29.8 Å². The number of amides is 1. The highest BCUT2D eigenvalue weighted by atomic mass is 19.4. The number of carbonyl (C=O) groups excluding carboxylic acids is 1. The molecule has 0 unspecified atom stereocenters. The molecule has 23 heavy (non-hydrogen) atoms. The second kappa shape index (κ2) is 6.23. The normalized spacial score (nSPS) is 11.3. The van der Waals surface area contributed by atoms with Crippen LogP contribution in [0.25, 0.3) is 0 Å². The van der Waals surface area contributed by atoms with E-state index in [-0.39, 0.29) is 6.61 Å². The number of hydrogen-bond acceptors (Lipinski definition) is 2. The third-order valence-electron chi connectivity index (χ3n) is 2.98. The van der Waals surface area contributed by atoms with Gasteiger partial charge in [0.1, 0.15) is 18.0 Å². The van der Waals surface area contributed by atoms with Crippen molar-refractivity contribution in [3.8, 4) is 5.75 Å². The van der Waals surface area contributed by atoms with Crippen LogP contribution in [-0.4, -0.2) is 5.91 Å². The first-order chi connectivity index (χ1) is 10.7. The molecule has 0 spiro atoms. The lowest BCUT2D eigenvalue weighted by molar-refractivity contribution is -0.137. The van der Waals surface area contributed by atoms with E-state index in [1.54, 1.807) is 0 Å². The molecule has 1 amide bonds. The fraction of sp³-hybridized carbons (Fsp3) is 0.133. The summed E-state index contributed by atoms with van der Waals surface area (Å²) in [6.45, 7) is -0.265. The largest absolute Gasteiger partial charge is 0.486 e. The lowest BCUT2D eigenvalue weighted by Crippen LogP contribution is -2.16. The average Bonchev–Trinajstić information content (AvgIpc) is 2.45. The van der Waals surface area contributed by atoms with Gasteiger partial charge in [-0.15, -0.1) is 0 Å². The quantitative estimate of drug-likeness (QED) is 0.869. The fourth-order valence-corrected chi connectivity index (χ4v) is 1.82. The van der Waals surface area contributed by atoms with E-state index < -0.39 is 40.6 Å². The summed E-state index contributed by atoms with van der Waals surface area (Å²) in [5.74, 6) is -4.11. The molecule has 0 aliphatic heterocycles. The minimum Gasteiger partial charge on any atom is -0.486 e. The molecule has 0 saturated heterocycles. The van der Waals surface area contributed by atoms with Crippen LogP contribution in [-0.2, 0) is 12.8 Å². The molecule has 0 aliphatic rings. The Kier molecular flexibility index (Phi) is 4.53. The number of benzene rings is 2. The molecule has 0 radical (unpaired) electrons. The van der Waals surface area contributed by atoms with Crippen LogP contribution in [0.4, 0.5) is 22.0 Å². The van der Waals surface area contributed by atoms with Crippen molar-refractivity contribution in [3.63, 3.8) is 0 Å². The van der Waals surface area contributed by atoms with Gasteiger partial charge in [0.25, 0.3) is 5.91 Å². The summed E-state index contributed by atoms with van der Waals surface area (Å²) in [4.78, 5) is 11.0. The van der Waals surface area contributed by atoms with Gasteiger partial charge in [-0.1, -0.05) is 12.1 Å². The maximum atomic E-state index is 13.9. The molecule has 0 bridgehead atoms.